The molecule has 5 heteroatoms. The van der Waals surface area contributed by atoms with Crippen LogP contribution in [0.1, 0.15) is 0 Å². The summed E-state index contributed by atoms with van der Waals surface area (Å²) >= 11 is 0. The highest BCUT2D eigenvalue weighted by Crippen LogP contribution is 2.10. The molecule has 15 heavy (non-hydrogen) atoms. The molecule has 0 spiro atoms. The summed E-state index contributed by atoms with van der Waals surface area (Å²) in [6, 6.07) is 8.77. The van der Waals surface area contributed by atoms with E-state index >= 15 is 0 Å². The molecular formula is C10H8N2O3. The summed E-state index contributed by atoms with van der Waals surface area (Å²) in [5.74, 6) is 0.478. The van der Waals surface area contributed by atoms with Crippen molar-refractivity contribution < 1.29 is 14.1 Å². The van der Waals surface area contributed by atoms with Gasteiger partial charge in [0.1, 0.15) is 17.7 Å². The van der Waals surface area contributed by atoms with E-state index in [1.807, 2.05) is 6.07 Å². The Kier molecular flexibility index (Phi) is 2.64. The fraction of sp³-hybridized carbons (Fsp3) is 0. The fourth-order valence-corrected chi connectivity index (χ4v) is 1.01. The molecule has 0 bridgehead atoms. The van der Waals surface area contributed by atoms with Crippen LogP contribution in [0.3, 0.4) is 0 Å². The molecule has 0 atom stereocenters. The Bertz CT molecular complexity index is 425. The molecule has 1 amide bonds. The highest BCUT2D eigenvalue weighted by molar-refractivity contribution is 5.85. The summed E-state index contributed by atoms with van der Waals surface area (Å²) in [7, 11) is 0. The maximum Gasteiger partial charge on any atom is 0.417 e. The van der Waals surface area contributed by atoms with Crippen LogP contribution in [0.4, 0.5) is 10.5 Å². The van der Waals surface area contributed by atoms with Gasteiger partial charge < -0.3 is 9.26 Å². The summed E-state index contributed by atoms with van der Waals surface area (Å²) in [6.07, 6.45) is 2.11. The molecule has 76 valence electrons. The van der Waals surface area contributed by atoms with Gasteiger partial charge in [-0.3, -0.25) is 5.32 Å². The number of rotatable bonds is 2. The lowest BCUT2D eigenvalue weighted by molar-refractivity contribution is 0.215. The van der Waals surface area contributed by atoms with Crippen LogP contribution in [-0.2, 0) is 0 Å². The topological polar surface area (TPSA) is 64.4 Å². The number of ether oxygens (including phenoxy) is 1. The average molecular weight is 204 g/mol. The van der Waals surface area contributed by atoms with Gasteiger partial charge in [0, 0.05) is 0 Å². The zero-order valence-electron chi connectivity index (χ0n) is 7.71. The van der Waals surface area contributed by atoms with Crippen LogP contribution >= 0.6 is 0 Å². The quantitative estimate of drug-likeness (QED) is 0.815. The number of nitrogens with zero attached hydrogens (tertiary/aromatic N) is 1. The second kappa shape index (κ2) is 4.28. The minimum absolute atomic E-state index is 0.455. The van der Waals surface area contributed by atoms with Gasteiger partial charge >= 0.3 is 6.09 Å². The lowest BCUT2D eigenvalue weighted by atomic mass is 10.3. The van der Waals surface area contributed by atoms with Crippen LogP contribution in [-0.4, -0.2) is 11.2 Å². The molecule has 0 unspecified atom stereocenters. The summed E-state index contributed by atoms with van der Waals surface area (Å²) in [4.78, 5) is 11.3. The summed E-state index contributed by atoms with van der Waals surface area (Å²) < 4.78 is 9.51. The second-order valence-electron chi connectivity index (χ2n) is 2.74. The standard InChI is InChI=1S/C10H8N2O3/c13-10(12-8-6-11-14-7-8)15-9-4-2-1-3-5-9/h1-7H,(H,12,13). The number of carbonyl (C=O) groups excluding carboxylic acids is 1. The molecule has 0 aliphatic carbocycles. The Balaban J connectivity index is 1.94. The number of hydrogen-bond donors (Lipinski definition) is 1. The molecule has 1 aromatic heterocycles. The van der Waals surface area contributed by atoms with Crippen molar-refractivity contribution >= 4 is 11.8 Å². The van der Waals surface area contributed by atoms with E-state index in [9.17, 15) is 4.79 Å². The zero-order valence-corrected chi connectivity index (χ0v) is 7.71. The highest BCUT2D eigenvalue weighted by atomic mass is 16.6. The molecule has 1 heterocycles. The van der Waals surface area contributed by atoms with Crippen LogP contribution in [0, 0.1) is 0 Å². The minimum Gasteiger partial charge on any atom is -0.410 e. The molecule has 2 aromatic rings. The van der Waals surface area contributed by atoms with Crippen LogP contribution in [0.15, 0.2) is 47.3 Å². The van der Waals surface area contributed by atoms with Gasteiger partial charge in [-0.1, -0.05) is 23.4 Å². The Morgan fingerprint density at radius 3 is 2.80 bits per heavy atom. The molecule has 0 aliphatic heterocycles. The Labute approximate surface area is 85.6 Å². The fourth-order valence-electron chi connectivity index (χ4n) is 1.01. The number of anilines is 1. The first-order valence-corrected chi connectivity index (χ1v) is 4.28. The number of amides is 1. The first-order valence-electron chi connectivity index (χ1n) is 4.28. The zero-order chi connectivity index (χ0) is 10.5. The maximum atomic E-state index is 11.3. The largest absolute Gasteiger partial charge is 0.417 e. The predicted octanol–water partition coefficient (Wildman–Crippen LogP) is 2.29. The van der Waals surface area contributed by atoms with Crippen LogP contribution in [0.5, 0.6) is 5.75 Å². The number of benzene rings is 1. The molecule has 2 rings (SSSR count). The van der Waals surface area contributed by atoms with Crippen molar-refractivity contribution in [2.45, 2.75) is 0 Å². The number of carbonyl (C=O) groups is 1. The molecule has 0 saturated heterocycles. The lowest BCUT2D eigenvalue weighted by Gasteiger charge is -2.03. The van der Waals surface area contributed by atoms with E-state index in [-0.39, 0.29) is 0 Å². The molecular weight excluding hydrogens is 196 g/mol. The van der Waals surface area contributed by atoms with Crippen molar-refractivity contribution in [3.8, 4) is 5.75 Å². The first-order chi connectivity index (χ1) is 7.34. The van der Waals surface area contributed by atoms with E-state index in [1.54, 1.807) is 24.3 Å². The van der Waals surface area contributed by atoms with E-state index < -0.39 is 6.09 Å². The first kappa shape index (κ1) is 9.26. The molecule has 5 nitrogen and oxygen atoms in total. The number of nitrogens with one attached hydrogen (secondary N) is 1. The molecule has 0 fully saturated rings. The van der Waals surface area contributed by atoms with Gasteiger partial charge in [0.25, 0.3) is 0 Å². The van der Waals surface area contributed by atoms with Crippen LogP contribution in [0.25, 0.3) is 0 Å². The number of aromatic nitrogens is 1. The molecule has 1 aromatic carbocycles. The molecule has 0 aliphatic rings. The normalized spacial score (nSPS) is 9.60. The van der Waals surface area contributed by atoms with Crippen molar-refractivity contribution in [2.75, 3.05) is 5.32 Å². The van der Waals surface area contributed by atoms with E-state index in [4.69, 9.17) is 4.74 Å². The Hall–Kier alpha value is -2.30. The van der Waals surface area contributed by atoms with Crippen LogP contribution < -0.4 is 10.1 Å². The van der Waals surface area contributed by atoms with E-state index in [0.717, 1.165) is 0 Å². The summed E-state index contributed by atoms with van der Waals surface area (Å²) in [5.41, 5.74) is 0.455. The van der Waals surface area contributed by atoms with Crippen molar-refractivity contribution in [2.24, 2.45) is 0 Å². The van der Waals surface area contributed by atoms with Gasteiger partial charge in [-0.05, 0) is 12.1 Å². The van der Waals surface area contributed by atoms with Crippen molar-refractivity contribution in [1.29, 1.82) is 0 Å². The van der Waals surface area contributed by atoms with Gasteiger partial charge in [-0.25, -0.2) is 4.79 Å². The van der Waals surface area contributed by atoms with E-state index in [2.05, 4.69) is 15.0 Å². The monoisotopic (exact) mass is 204 g/mol. The maximum absolute atomic E-state index is 11.3. The van der Waals surface area contributed by atoms with Gasteiger partial charge in [0.2, 0.25) is 0 Å². The molecule has 1 N–H and O–H groups in total. The SMILES string of the molecule is O=C(Nc1cnoc1)Oc1ccccc1. The van der Waals surface area contributed by atoms with Gasteiger partial charge in [0.05, 0.1) is 6.20 Å². The smallest absolute Gasteiger partial charge is 0.410 e. The lowest BCUT2D eigenvalue weighted by Crippen LogP contribution is -2.16. The van der Waals surface area contributed by atoms with Crippen molar-refractivity contribution in [1.82, 2.24) is 5.16 Å². The third-order valence-electron chi connectivity index (χ3n) is 1.63. The van der Waals surface area contributed by atoms with Crippen LogP contribution in [0.2, 0.25) is 0 Å². The van der Waals surface area contributed by atoms with Crippen molar-refractivity contribution in [3.63, 3.8) is 0 Å². The van der Waals surface area contributed by atoms with E-state index in [0.29, 0.717) is 11.4 Å². The third-order valence-corrected chi connectivity index (χ3v) is 1.63. The van der Waals surface area contributed by atoms with Gasteiger partial charge in [-0.2, -0.15) is 0 Å². The van der Waals surface area contributed by atoms with Gasteiger partial charge in [0.15, 0.2) is 0 Å². The number of hydrogen-bond acceptors (Lipinski definition) is 4. The Morgan fingerprint density at radius 2 is 2.13 bits per heavy atom. The molecule has 0 radical (unpaired) electrons. The average Bonchev–Trinajstić information content (AvgIpc) is 2.71. The summed E-state index contributed by atoms with van der Waals surface area (Å²) in [5, 5.41) is 5.89. The highest BCUT2D eigenvalue weighted by Gasteiger charge is 2.05. The van der Waals surface area contributed by atoms with Gasteiger partial charge in [-0.15, -0.1) is 0 Å². The summed E-state index contributed by atoms with van der Waals surface area (Å²) in [6.45, 7) is 0. The Morgan fingerprint density at radius 1 is 1.33 bits per heavy atom. The third kappa shape index (κ3) is 2.57. The number of para-hydroxylation sites is 1. The minimum atomic E-state index is -0.579. The molecule has 0 saturated carbocycles. The van der Waals surface area contributed by atoms with Crippen molar-refractivity contribution in [3.05, 3.63) is 42.8 Å². The second-order valence-corrected chi connectivity index (χ2v) is 2.74. The van der Waals surface area contributed by atoms with E-state index in [1.165, 1.54) is 12.5 Å². The predicted molar refractivity (Wildman–Crippen MR) is 52.6 cm³/mol.